The van der Waals surface area contributed by atoms with Crippen LogP contribution in [0.15, 0.2) is 24.0 Å². The van der Waals surface area contributed by atoms with E-state index in [1.165, 1.54) is 32.1 Å². The minimum Gasteiger partial charge on any atom is -0.425 e. The maximum absolute atomic E-state index is 11.3. The van der Waals surface area contributed by atoms with E-state index < -0.39 is 12.1 Å². The number of allylic oxidation sites excluding steroid dienone is 1. The van der Waals surface area contributed by atoms with Crippen LogP contribution in [-0.4, -0.2) is 17.2 Å². The molecule has 1 fully saturated rings. The summed E-state index contributed by atoms with van der Waals surface area (Å²) in [6.45, 7) is 5.68. The Balaban J connectivity index is 2.20. The summed E-state index contributed by atoms with van der Waals surface area (Å²) in [6.07, 6.45) is 8.99. The quantitative estimate of drug-likeness (QED) is 0.421. The smallest absolute Gasteiger partial charge is 0.341 e. The highest BCUT2D eigenvalue weighted by Gasteiger charge is 2.32. The van der Waals surface area contributed by atoms with E-state index in [4.69, 9.17) is 4.74 Å². The summed E-state index contributed by atoms with van der Waals surface area (Å²) in [5.74, 6) is -0.308. The third-order valence-corrected chi connectivity index (χ3v) is 2.98. The molecule has 1 N–H and O–H groups in total. The molecular weight excluding hydrogens is 216 g/mol. The van der Waals surface area contributed by atoms with Crippen molar-refractivity contribution in [3.63, 3.8) is 0 Å². The summed E-state index contributed by atoms with van der Waals surface area (Å²) in [7, 11) is 0. The van der Waals surface area contributed by atoms with Crippen molar-refractivity contribution in [3.05, 3.63) is 24.0 Å². The standard InChI is InChI=1S/C14H22O3/c1-3-4-5-6-7-8-9-10-12-13(15)11(2)17-14(12)16/h10,13,15H,2-9H2,1H3/b12-10+/t13-/m1/s1. The molecule has 0 aromatic heterocycles. The van der Waals surface area contributed by atoms with Crippen LogP contribution in [0.3, 0.4) is 0 Å². The van der Waals surface area contributed by atoms with Crippen LogP contribution in [-0.2, 0) is 9.53 Å². The van der Waals surface area contributed by atoms with Crippen molar-refractivity contribution in [1.82, 2.24) is 0 Å². The second-order valence-corrected chi connectivity index (χ2v) is 4.47. The van der Waals surface area contributed by atoms with E-state index in [-0.39, 0.29) is 5.76 Å². The molecule has 0 unspecified atom stereocenters. The zero-order valence-electron chi connectivity index (χ0n) is 10.6. The molecule has 0 bridgehead atoms. The van der Waals surface area contributed by atoms with Gasteiger partial charge in [0.25, 0.3) is 0 Å². The van der Waals surface area contributed by atoms with Crippen molar-refractivity contribution in [3.8, 4) is 0 Å². The molecule has 0 spiro atoms. The van der Waals surface area contributed by atoms with Crippen LogP contribution in [0.25, 0.3) is 0 Å². The lowest BCUT2D eigenvalue weighted by Crippen LogP contribution is -2.07. The van der Waals surface area contributed by atoms with Crippen molar-refractivity contribution in [1.29, 1.82) is 0 Å². The van der Waals surface area contributed by atoms with Crippen molar-refractivity contribution >= 4 is 5.97 Å². The maximum Gasteiger partial charge on any atom is 0.341 e. The number of carbonyl (C=O) groups excluding carboxylic acids is 1. The summed E-state index contributed by atoms with van der Waals surface area (Å²) in [5.41, 5.74) is 0.351. The van der Waals surface area contributed by atoms with Crippen molar-refractivity contribution in [2.45, 2.75) is 58.0 Å². The van der Waals surface area contributed by atoms with E-state index in [1.54, 1.807) is 6.08 Å². The third kappa shape index (κ3) is 4.35. The van der Waals surface area contributed by atoms with Gasteiger partial charge >= 0.3 is 5.97 Å². The Morgan fingerprint density at radius 2 is 1.94 bits per heavy atom. The van der Waals surface area contributed by atoms with E-state index in [0.717, 1.165) is 12.8 Å². The maximum atomic E-state index is 11.3. The van der Waals surface area contributed by atoms with Gasteiger partial charge in [0.05, 0.1) is 5.57 Å². The summed E-state index contributed by atoms with van der Waals surface area (Å²) in [5, 5.41) is 9.59. The second kappa shape index (κ2) is 7.28. The van der Waals surface area contributed by atoms with Gasteiger partial charge in [0.15, 0.2) is 0 Å². The molecule has 0 aliphatic carbocycles. The second-order valence-electron chi connectivity index (χ2n) is 4.47. The first-order valence-corrected chi connectivity index (χ1v) is 6.46. The van der Waals surface area contributed by atoms with Gasteiger partial charge in [0, 0.05) is 0 Å². The van der Waals surface area contributed by atoms with Crippen molar-refractivity contribution in [2.24, 2.45) is 0 Å². The van der Waals surface area contributed by atoms with Crippen LogP contribution >= 0.6 is 0 Å². The number of esters is 1. The Morgan fingerprint density at radius 1 is 1.29 bits per heavy atom. The molecule has 0 saturated carbocycles. The van der Waals surface area contributed by atoms with Gasteiger partial charge in [-0.25, -0.2) is 4.79 Å². The van der Waals surface area contributed by atoms with Gasteiger partial charge in [0.1, 0.15) is 11.9 Å². The highest BCUT2D eigenvalue weighted by Crippen LogP contribution is 2.23. The lowest BCUT2D eigenvalue weighted by atomic mass is 10.1. The normalized spacial score (nSPS) is 22.2. The van der Waals surface area contributed by atoms with E-state index in [2.05, 4.69) is 13.5 Å². The predicted molar refractivity (Wildman–Crippen MR) is 67.3 cm³/mol. The van der Waals surface area contributed by atoms with Crippen LogP contribution in [0.2, 0.25) is 0 Å². The monoisotopic (exact) mass is 238 g/mol. The molecule has 0 radical (unpaired) electrons. The van der Waals surface area contributed by atoms with Crippen LogP contribution < -0.4 is 0 Å². The molecule has 3 nitrogen and oxygen atoms in total. The Bertz CT molecular complexity index is 305. The largest absolute Gasteiger partial charge is 0.425 e. The molecule has 1 atom stereocenters. The minimum absolute atomic E-state index is 0.143. The molecule has 1 rings (SSSR count). The van der Waals surface area contributed by atoms with Crippen molar-refractivity contribution < 1.29 is 14.6 Å². The number of unbranched alkanes of at least 4 members (excludes halogenated alkanes) is 6. The zero-order valence-corrected chi connectivity index (χ0v) is 10.6. The molecule has 0 aromatic rings. The number of hydrogen-bond donors (Lipinski definition) is 1. The number of rotatable bonds is 7. The topological polar surface area (TPSA) is 46.5 Å². The van der Waals surface area contributed by atoms with Gasteiger partial charge in [-0.2, -0.15) is 0 Å². The number of cyclic esters (lactones) is 1. The van der Waals surface area contributed by atoms with E-state index in [0.29, 0.717) is 5.57 Å². The Labute approximate surface area is 103 Å². The summed E-state index contributed by atoms with van der Waals surface area (Å²) in [4.78, 5) is 11.3. The number of hydrogen-bond acceptors (Lipinski definition) is 3. The fourth-order valence-corrected chi connectivity index (χ4v) is 1.90. The first kappa shape index (κ1) is 14.0. The Morgan fingerprint density at radius 3 is 2.53 bits per heavy atom. The first-order valence-electron chi connectivity index (χ1n) is 6.46. The molecule has 1 heterocycles. The molecular formula is C14H22O3. The number of ether oxygens (including phenoxy) is 1. The summed E-state index contributed by atoms with van der Waals surface area (Å²) >= 11 is 0. The van der Waals surface area contributed by atoms with Gasteiger partial charge in [-0.05, 0) is 12.8 Å². The summed E-state index contributed by atoms with van der Waals surface area (Å²) < 4.78 is 4.74. The number of aliphatic hydroxyl groups is 1. The molecule has 96 valence electrons. The molecule has 3 heteroatoms. The van der Waals surface area contributed by atoms with Gasteiger partial charge < -0.3 is 9.84 Å². The fraction of sp³-hybridized carbons (Fsp3) is 0.643. The van der Waals surface area contributed by atoms with Crippen LogP contribution in [0.1, 0.15) is 51.9 Å². The van der Waals surface area contributed by atoms with Crippen molar-refractivity contribution in [2.75, 3.05) is 0 Å². The minimum atomic E-state index is -0.928. The predicted octanol–water partition coefficient (Wildman–Crippen LogP) is 3.09. The lowest BCUT2D eigenvalue weighted by Gasteiger charge is -2.00. The van der Waals surface area contributed by atoms with Gasteiger partial charge in [-0.1, -0.05) is 51.7 Å². The average molecular weight is 238 g/mol. The SMILES string of the molecule is C=C1OC(=O)/C(=C/CCCCCCCC)[C@@H]1O. The number of aliphatic hydroxyl groups excluding tert-OH is 1. The molecule has 0 amide bonds. The van der Waals surface area contributed by atoms with Crippen LogP contribution in [0.5, 0.6) is 0 Å². The highest BCUT2D eigenvalue weighted by atomic mass is 16.6. The summed E-state index contributed by atoms with van der Waals surface area (Å²) in [6, 6.07) is 0. The number of carbonyl (C=O) groups is 1. The Hall–Kier alpha value is -1.09. The van der Waals surface area contributed by atoms with Gasteiger partial charge in [-0.3, -0.25) is 0 Å². The van der Waals surface area contributed by atoms with Crippen LogP contribution in [0, 0.1) is 0 Å². The molecule has 1 saturated heterocycles. The fourth-order valence-electron chi connectivity index (χ4n) is 1.90. The van der Waals surface area contributed by atoms with Gasteiger partial charge in [-0.15, -0.1) is 0 Å². The molecule has 1 aliphatic heterocycles. The van der Waals surface area contributed by atoms with E-state index in [1.807, 2.05) is 0 Å². The molecule has 1 aliphatic rings. The van der Waals surface area contributed by atoms with Gasteiger partial charge in [0.2, 0.25) is 0 Å². The molecule has 0 aromatic carbocycles. The highest BCUT2D eigenvalue weighted by molar-refractivity contribution is 5.93. The first-order chi connectivity index (χ1) is 8.16. The third-order valence-electron chi connectivity index (χ3n) is 2.98. The Kier molecular flexibility index (Phi) is 5.98. The van der Waals surface area contributed by atoms with E-state index in [9.17, 15) is 9.90 Å². The molecule has 17 heavy (non-hydrogen) atoms. The van der Waals surface area contributed by atoms with E-state index >= 15 is 0 Å². The lowest BCUT2D eigenvalue weighted by molar-refractivity contribution is -0.132. The zero-order chi connectivity index (χ0) is 12.7. The average Bonchev–Trinajstić information content (AvgIpc) is 2.54. The van der Waals surface area contributed by atoms with Crippen LogP contribution in [0.4, 0.5) is 0 Å².